The number of non-ortho nitro benzene ring substituents is 1. The topological polar surface area (TPSA) is 119 Å². The van der Waals surface area contributed by atoms with E-state index >= 15 is 0 Å². The molecule has 0 aliphatic carbocycles. The van der Waals surface area contributed by atoms with Crippen molar-refractivity contribution in [1.29, 1.82) is 0 Å². The normalized spacial score (nSPS) is 14.7. The van der Waals surface area contributed by atoms with Crippen molar-refractivity contribution in [2.24, 2.45) is 0 Å². The maximum Gasteiger partial charge on any atom is 0.335 e. The zero-order chi connectivity index (χ0) is 26.0. The third-order valence-corrected chi connectivity index (χ3v) is 6.48. The monoisotopic (exact) mass is 633 g/mol. The Morgan fingerprint density at radius 3 is 2.19 bits per heavy atom. The van der Waals surface area contributed by atoms with Gasteiger partial charge in [0, 0.05) is 17.2 Å². The van der Waals surface area contributed by atoms with E-state index in [-0.39, 0.29) is 23.6 Å². The maximum absolute atomic E-state index is 13.1. The first kappa shape index (κ1) is 25.5. The Bertz CT molecular complexity index is 1400. The molecule has 3 aromatic rings. The summed E-state index contributed by atoms with van der Waals surface area (Å²) in [7, 11) is 0. The molecule has 0 spiro atoms. The zero-order valence-electron chi connectivity index (χ0n) is 18.0. The highest BCUT2D eigenvalue weighted by atomic mass is 79.9. The molecule has 182 valence electrons. The number of hydrogen-bond acceptors (Lipinski definition) is 6. The number of barbiturate groups is 1. The van der Waals surface area contributed by atoms with Crippen LogP contribution in [0.1, 0.15) is 11.1 Å². The fourth-order valence-electron chi connectivity index (χ4n) is 3.32. The van der Waals surface area contributed by atoms with E-state index in [0.29, 0.717) is 25.3 Å². The van der Waals surface area contributed by atoms with E-state index < -0.39 is 22.8 Å². The quantitative estimate of drug-likeness (QED) is 0.153. The third-order valence-electron chi connectivity index (χ3n) is 5.05. The zero-order valence-corrected chi connectivity index (χ0v) is 22.0. The molecule has 4 rings (SSSR count). The van der Waals surface area contributed by atoms with Crippen LogP contribution in [-0.2, 0) is 16.2 Å². The van der Waals surface area contributed by atoms with Crippen LogP contribution < -0.4 is 15.0 Å². The lowest BCUT2D eigenvalue weighted by Gasteiger charge is -2.26. The number of amides is 4. The molecule has 3 aromatic carbocycles. The molecule has 1 heterocycles. The van der Waals surface area contributed by atoms with Gasteiger partial charge in [-0.05, 0) is 97.6 Å². The molecular formula is C24H14Br2ClN3O6. The minimum absolute atomic E-state index is 0.0175. The molecule has 1 aliphatic heterocycles. The average molecular weight is 636 g/mol. The Morgan fingerprint density at radius 1 is 1.00 bits per heavy atom. The third kappa shape index (κ3) is 5.48. The molecule has 1 N–H and O–H groups in total. The molecule has 0 saturated carbocycles. The standard InChI is InChI=1S/C24H14Br2ClN3O6/c25-19-10-14(11-20(26)21(19)36-12-13-1-5-17(6-2-13)30(34)35)9-18-22(31)28-24(33)29(23(18)32)16-7-3-15(27)4-8-16/h1-11H,12H2,(H,28,31,33)/b18-9+. The summed E-state index contributed by atoms with van der Waals surface area (Å²) in [5.41, 5.74) is 1.22. The molecule has 1 fully saturated rings. The lowest BCUT2D eigenvalue weighted by atomic mass is 10.1. The van der Waals surface area contributed by atoms with Gasteiger partial charge >= 0.3 is 6.03 Å². The van der Waals surface area contributed by atoms with Crippen molar-refractivity contribution >= 4 is 78.8 Å². The van der Waals surface area contributed by atoms with Gasteiger partial charge < -0.3 is 4.74 Å². The van der Waals surface area contributed by atoms with Gasteiger partial charge in [0.1, 0.15) is 17.9 Å². The SMILES string of the molecule is O=C1NC(=O)N(c2ccc(Cl)cc2)C(=O)/C1=C/c1cc(Br)c(OCc2ccc([N+](=O)[O-])cc2)c(Br)c1. The van der Waals surface area contributed by atoms with E-state index in [2.05, 4.69) is 37.2 Å². The number of urea groups is 1. The summed E-state index contributed by atoms with van der Waals surface area (Å²) in [5, 5.41) is 13.4. The summed E-state index contributed by atoms with van der Waals surface area (Å²) < 4.78 is 6.90. The van der Waals surface area contributed by atoms with Crippen LogP contribution in [0.15, 0.2) is 75.2 Å². The lowest BCUT2D eigenvalue weighted by molar-refractivity contribution is -0.384. The number of rotatable bonds is 6. The summed E-state index contributed by atoms with van der Waals surface area (Å²) in [6, 6.07) is 14.5. The van der Waals surface area contributed by atoms with E-state index in [9.17, 15) is 24.5 Å². The van der Waals surface area contributed by atoms with Gasteiger partial charge in [-0.25, -0.2) is 9.69 Å². The Kier molecular flexibility index (Phi) is 7.53. The number of anilines is 1. The van der Waals surface area contributed by atoms with E-state index in [1.165, 1.54) is 42.5 Å². The number of halogens is 3. The number of hydrogen-bond donors (Lipinski definition) is 1. The molecule has 1 aliphatic rings. The first-order chi connectivity index (χ1) is 17.1. The van der Waals surface area contributed by atoms with E-state index in [1.54, 1.807) is 24.3 Å². The van der Waals surface area contributed by atoms with Crippen LogP contribution in [0.4, 0.5) is 16.2 Å². The van der Waals surface area contributed by atoms with E-state index in [1.807, 2.05) is 0 Å². The maximum atomic E-state index is 13.1. The summed E-state index contributed by atoms with van der Waals surface area (Å²) in [5.74, 6) is -1.15. The smallest absolute Gasteiger partial charge is 0.335 e. The largest absolute Gasteiger partial charge is 0.487 e. The Labute approximate surface area is 226 Å². The molecule has 4 amide bonds. The summed E-state index contributed by atoms with van der Waals surface area (Å²) in [4.78, 5) is 49.0. The first-order valence-electron chi connectivity index (χ1n) is 10.2. The predicted molar refractivity (Wildman–Crippen MR) is 140 cm³/mol. The van der Waals surface area contributed by atoms with E-state index in [0.717, 1.165) is 10.5 Å². The minimum Gasteiger partial charge on any atom is -0.487 e. The van der Waals surface area contributed by atoms with Crippen molar-refractivity contribution in [2.45, 2.75) is 6.61 Å². The van der Waals surface area contributed by atoms with E-state index in [4.69, 9.17) is 16.3 Å². The fourth-order valence-corrected chi connectivity index (χ4v) is 4.90. The van der Waals surface area contributed by atoms with Crippen molar-refractivity contribution in [3.05, 3.63) is 101 Å². The molecule has 36 heavy (non-hydrogen) atoms. The predicted octanol–water partition coefficient (Wildman–Crippen LogP) is 6.02. The number of benzene rings is 3. The average Bonchev–Trinajstić information content (AvgIpc) is 2.82. The number of carbonyl (C=O) groups excluding carboxylic acids is 3. The van der Waals surface area contributed by atoms with Crippen LogP contribution in [0.25, 0.3) is 6.08 Å². The number of nitro benzene ring substituents is 1. The summed E-state index contributed by atoms with van der Waals surface area (Å²) in [6.45, 7) is 0.148. The van der Waals surface area contributed by atoms with Gasteiger partial charge in [-0.15, -0.1) is 0 Å². The van der Waals surface area contributed by atoms with Crippen LogP contribution in [0.3, 0.4) is 0 Å². The number of carbonyl (C=O) groups is 3. The van der Waals surface area contributed by atoms with Crippen LogP contribution in [0.5, 0.6) is 5.75 Å². The van der Waals surface area contributed by atoms with Crippen molar-refractivity contribution in [2.75, 3.05) is 4.90 Å². The molecule has 0 atom stereocenters. The van der Waals surface area contributed by atoms with Crippen molar-refractivity contribution < 1.29 is 24.0 Å². The van der Waals surface area contributed by atoms with Crippen molar-refractivity contribution in [1.82, 2.24) is 5.32 Å². The summed E-state index contributed by atoms with van der Waals surface area (Å²) >= 11 is 12.7. The van der Waals surface area contributed by atoms with Gasteiger partial charge in [-0.2, -0.15) is 0 Å². The second-order valence-corrected chi connectivity index (χ2v) is 9.61. The van der Waals surface area contributed by atoms with Gasteiger partial charge in [0.15, 0.2) is 0 Å². The lowest BCUT2D eigenvalue weighted by Crippen LogP contribution is -2.54. The minimum atomic E-state index is -0.859. The summed E-state index contributed by atoms with van der Waals surface area (Å²) in [6.07, 6.45) is 1.36. The van der Waals surface area contributed by atoms with Gasteiger partial charge in [-0.1, -0.05) is 11.6 Å². The molecule has 12 heteroatoms. The second-order valence-electron chi connectivity index (χ2n) is 7.46. The van der Waals surface area contributed by atoms with Crippen molar-refractivity contribution in [3.8, 4) is 5.75 Å². The van der Waals surface area contributed by atoms with Gasteiger partial charge in [0.2, 0.25) is 0 Å². The number of nitro groups is 1. The highest BCUT2D eigenvalue weighted by Crippen LogP contribution is 2.36. The molecule has 9 nitrogen and oxygen atoms in total. The number of nitrogens with zero attached hydrogens (tertiary/aromatic N) is 2. The molecular weight excluding hydrogens is 622 g/mol. The Balaban J connectivity index is 1.57. The second kappa shape index (κ2) is 10.6. The fraction of sp³-hybridized carbons (Fsp3) is 0.0417. The number of nitrogens with one attached hydrogen (secondary N) is 1. The number of imide groups is 2. The first-order valence-corrected chi connectivity index (χ1v) is 12.1. The molecule has 0 aromatic heterocycles. The van der Waals surface area contributed by atoms with Gasteiger partial charge in [0.05, 0.1) is 19.6 Å². The molecule has 0 radical (unpaired) electrons. The Hall–Kier alpha value is -3.54. The molecule has 0 unspecified atom stereocenters. The molecule has 0 bridgehead atoms. The Morgan fingerprint density at radius 2 is 1.61 bits per heavy atom. The van der Waals surface area contributed by atoms with Gasteiger partial charge in [-0.3, -0.25) is 25.0 Å². The molecule has 1 saturated heterocycles. The number of ether oxygens (including phenoxy) is 1. The van der Waals surface area contributed by atoms with Crippen LogP contribution in [-0.4, -0.2) is 22.8 Å². The van der Waals surface area contributed by atoms with Gasteiger partial charge in [0.25, 0.3) is 17.5 Å². The highest BCUT2D eigenvalue weighted by Gasteiger charge is 2.36. The van der Waals surface area contributed by atoms with Crippen LogP contribution in [0, 0.1) is 10.1 Å². The van der Waals surface area contributed by atoms with Crippen LogP contribution in [0.2, 0.25) is 5.02 Å². The van der Waals surface area contributed by atoms with Crippen LogP contribution >= 0.6 is 43.5 Å². The highest BCUT2D eigenvalue weighted by molar-refractivity contribution is 9.11. The van der Waals surface area contributed by atoms with Crippen molar-refractivity contribution in [3.63, 3.8) is 0 Å².